The zero-order chi connectivity index (χ0) is 17.3. The van der Waals surface area contributed by atoms with E-state index in [-0.39, 0.29) is 0 Å². The number of para-hydroxylation sites is 1. The van der Waals surface area contributed by atoms with Crippen molar-refractivity contribution in [3.8, 4) is 5.75 Å². The average molecular weight is 323 g/mol. The summed E-state index contributed by atoms with van der Waals surface area (Å²) in [5.41, 5.74) is 0. The van der Waals surface area contributed by atoms with Crippen molar-refractivity contribution in [2.24, 2.45) is 11.8 Å². The molecule has 0 aliphatic carbocycles. The Balaban J connectivity index is 2.55. The van der Waals surface area contributed by atoms with Crippen molar-refractivity contribution in [1.82, 2.24) is 0 Å². The zero-order valence-electron chi connectivity index (χ0n) is 15.9. The number of benzene rings is 1. The van der Waals surface area contributed by atoms with E-state index in [1.54, 1.807) is 0 Å². The highest BCUT2D eigenvalue weighted by Gasteiger charge is 2.34. The summed E-state index contributed by atoms with van der Waals surface area (Å²) in [4.78, 5) is 6.28. The van der Waals surface area contributed by atoms with E-state index in [2.05, 4.69) is 41.7 Å². The molecule has 0 amide bonds. The van der Waals surface area contributed by atoms with Crippen LogP contribution >= 0.6 is 0 Å². The summed E-state index contributed by atoms with van der Waals surface area (Å²) < 4.78 is 6.43. The van der Waals surface area contributed by atoms with Gasteiger partial charge in [-0.3, -0.25) is 0 Å². The zero-order valence-corrected chi connectivity index (χ0v) is 15.9. The first-order valence-corrected chi connectivity index (χ1v) is 9.05. The molecule has 1 aromatic rings. The van der Waals surface area contributed by atoms with Gasteiger partial charge in [-0.25, -0.2) is 0 Å². The van der Waals surface area contributed by atoms with Crippen LogP contribution in [0.1, 0.15) is 47.5 Å². The van der Waals surface area contributed by atoms with Gasteiger partial charge in [-0.15, -0.1) is 0 Å². The lowest BCUT2D eigenvalue weighted by Crippen LogP contribution is -2.53. The van der Waals surface area contributed by atoms with Crippen LogP contribution in [0.5, 0.6) is 5.75 Å². The van der Waals surface area contributed by atoms with Gasteiger partial charge in [0.05, 0.1) is 7.05 Å². The van der Waals surface area contributed by atoms with Crippen molar-refractivity contribution in [2.75, 3.05) is 26.8 Å². The van der Waals surface area contributed by atoms with Crippen molar-refractivity contribution >= 4 is 0 Å². The average Bonchev–Trinajstić information content (AvgIpc) is 2.51. The van der Waals surface area contributed by atoms with E-state index >= 15 is 0 Å². The molecule has 23 heavy (non-hydrogen) atoms. The predicted octanol–water partition coefficient (Wildman–Crippen LogP) is 4.92. The Hall–Kier alpha value is -1.06. The van der Waals surface area contributed by atoms with Gasteiger partial charge in [0, 0.05) is 12.8 Å². The van der Waals surface area contributed by atoms with Crippen LogP contribution in [0.2, 0.25) is 0 Å². The first-order valence-electron chi connectivity index (χ1n) is 9.05. The second-order valence-corrected chi connectivity index (χ2v) is 7.40. The van der Waals surface area contributed by atoms with Crippen LogP contribution in [0.15, 0.2) is 30.3 Å². The summed E-state index contributed by atoms with van der Waals surface area (Å²) in [5, 5.41) is 0. The van der Waals surface area contributed by atoms with Gasteiger partial charge in [-0.2, -0.15) is 9.48 Å². The van der Waals surface area contributed by atoms with Crippen molar-refractivity contribution in [3.63, 3.8) is 0 Å². The van der Waals surface area contributed by atoms with E-state index in [0.717, 1.165) is 12.3 Å². The molecule has 0 aromatic heterocycles. The van der Waals surface area contributed by atoms with Gasteiger partial charge in [0.2, 0.25) is 0 Å². The Kier molecular flexibility index (Phi) is 8.64. The second kappa shape index (κ2) is 9.94. The molecule has 1 unspecified atom stereocenters. The molecular weight excluding hydrogens is 286 g/mol. The molecular formula is C20H36NO2+. The van der Waals surface area contributed by atoms with E-state index in [1.807, 2.05) is 30.3 Å². The van der Waals surface area contributed by atoms with E-state index in [4.69, 9.17) is 9.57 Å². The van der Waals surface area contributed by atoms with Crippen LogP contribution in [0.3, 0.4) is 0 Å². The third-order valence-corrected chi connectivity index (χ3v) is 4.37. The number of hydroxylamine groups is 3. The molecule has 0 spiro atoms. The lowest BCUT2D eigenvalue weighted by Gasteiger charge is -2.39. The summed E-state index contributed by atoms with van der Waals surface area (Å²) >= 11 is 0. The smallest absolute Gasteiger partial charge is 0.140 e. The van der Waals surface area contributed by atoms with Gasteiger partial charge in [-0.1, -0.05) is 45.9 Å². The second-order valence-electron chi connectivity index (χ2n) is 7.40. The standard InChI is InChI=1S/C20H36NO2/c1-7-21(6,19(15-17(2)3)16-18(4)5)23-14-13-22-20-11-9-8-10-12-20/h8-12,17-19H,7,13-16H2,1-6H3/q+1. The third-order valence-electron chi connectivity index (χ3n) is 4.37. The minimum Gasteiger partial charge on any atom is -0.491 e. The summed E-state index contributed by atoms with van der Waals surface area (Å²) in [6, 6.07) is 10.5. The Labute approximate surface area is 143 Å². The minimum atomic E-state index is 0.539. The van der Waals surface area contributed by atoms with Crippen molar-refractivity contribution in [1.29, 1.82) is 0 Å². The van der Waals surface area contributed by atoms with Crippen LogP contribution in [0, 0.1) is 11.8 Å². The minimum absolute atomic E-state index is 0.539. The van der Waals surface area contributed by atoms with Crippen molar-refractivity contribution in [2.45, 2.75) is 53.5 Å². The molecule has 0 radical (unpaired) electrons. The third kappa shape index (κ3) is 7.36. The summed E-state index contributed by atoms with van der Waals surface area (Å²) in [6.45, 7) is 13.6. The highest BCUT2D eigenvalue weighted by atomic mass is 16.7. The molecule has 1 atom stereocenters. The molecule has 0 fully saturated rings. The normalized spacial score (nSPS) is 14.5. The number of quaternary nitrogens is 1. The SMILES string of the molecule is CC[N+](C)(OCCOc1ccccc1)C(CC(C)C)CC(C)C. The summed E-state index contributed by atoms with van der Waals surface area (Å²) in [7, 11) is 2.22. The van der Waals surface area contributed by atoms with Gasteiger partial charge in [-0.05, 0) is 30.9 Å². The van der Waals surface area contributed by atoms with Crippen molar-refractivity contribution < 1.29 is 14.2 Å². The summed E-state index contributed by atoms with van der Waals surface area (Å²) in [5.74, 6) is 2.28. The first-order chi connectivity index (χ1) is 10.9. The molecule has 0 heterocycles. The number of hydrogen-bond donors (Lipinski definition) is 0. The van der Waals surface area contributed by atoms with Crippen LogP contribution in [-0.2, 0) is 4.84 Å². The Morgan fingerprint density at radius 1 is 0.913 bits per heavy atom. The molecule has 0 aliphatic heterocycles. The van der Waals surface area contributed by atoms with E-state index < -0.39 is 0 Å². The molecule has 0 saturated heterocycles. The number of nitrogens with zero attached hydrogens (tertiary/aromatic N) is 1. The summed E-state index contributed by atoms with van der Waals surface area (Å²) in [6.07, 6.45) is 2.39. The number of rotatable bonds is 11. The van der Waals surface area contributed by atoms with Crippen LogP contribution < -0.4 is 4.74 Å². The highest BCUT2D eigenvalue weighted by Crippen LogP contribution is 2.25. The topological polar surface area (TPSA) is 18.5 Å². The fraction of sp³-hybridized carbons (Fsp3) is 0.700. The van der Waals surface area contributed by atoms with E-state index in [1.165, 1.54) is 12.8 Å². The highest BCUT2D eigenvalue weighted by molar-refractivity contribution is 5.20. The Morgan fingerprint density at radius 2 is 1.48 bits per heavy atom. The lowest BCUT2D eigenvalue weighted by atomic mass is 9.94. The quantitative estimate of drug-likeness (QED) is 0.327. The predicted molar refractivity (Wildman–Crippen MR) is 97.3 cm³/mol. The van der Waals surface area contributed by atoms with Crippen molar-refractivity contribution in [3.05, 3.63) is 30.3 Å². The Bertz CT molecular complexity index is 409. The van der Waals surface area contributed by atoms with Gasteiger partial charge >= 0.3 is 0 Å². The Morgan fingerprint density at radius 3 is 1.96 bits per heavy atom. The van der Waals surface area contributed by atoms with E-state index in [0.29, 0.717) is 35.7 Å². The van der Waals surface area contributed by atoms with Gasteiger partial charge in [0.25, 0.3) is 0 Å². The molecule has 0 bridgehead atoms. The van der Waals surface area contributed by atoms with Crippen LogP contribution in [0.4, 0.5) is 0 Å². The van der Waals surface area contributed by atoms with Crippen LogP contribution in [0.25, 0.3) is 0 Å². The lowest BCUT2D eigenvalue weighted by molar-refractivity contribution is -1.11. The monoisotopic (exact) mass is 322 g/mol. The maximum atomic E-state index is 6.28. The first kappa shape index (κ1) is 20.0. The molecule has 132 valence electrons. The van der Waals surface area contributed by atoms with Gasteiger partial charge < -0.3 is 4.74 Å². The fourth-order valence-electron chi connectivity index (χ4n) is 3.01. The maximum Gasteiger partial charge on any atom is 0.140 e. The maximum absolute atomic E-state index is 6.28. The molecule has 0 aliphatic rings. The molecule has 1 aromatic carbocycles. The van der Waals surface area contributed by atoms with Gasteiger partial charge in [0.15, 0.2) is 0 Å². The molecule has 1 rings (SSSR count). The fourth-order valence-corrected chi connectivity index (χ4v) is 3.01. The molecule has 3 heteroatoms. The largest absolute Gasteiger partial charge is 0.491 e. The number of ether oxygens (including phenoxy) is 1. The molecule has 3 nitrogen and oxygen atoms in total. The van der Waals surface area contributed by atoms with Gasteiger partial charge in [0.1, 0.15) is 31.5 Å². The van der Waals surface area contributed by atoms with E-state index in [9.17, 15) is 0 Å². The van der Waals surface area contributed by atoms with Crippen LogP contribution in [-0.4, -0.2) is 37.5 Å². The molecule has 0 N–H and O–H groups in total. The number of hydrogen-bond acceptors (Lipinski definition) is 2. The molecule has 0 saturated carbocycles.